The summed E-state index contributed by atoms with van der Waals surface area (Å²) < 4.78 is 19.4. The van der Waals surface area contributed by atoms with E-state index in [1.165, 1.54) is 21.7 Å². The Bertz CT molecular complexity index is 1440. The number of anilines is 2. The highest BCUT2D eigenvalue weighted by Gasteiger charge is 2.46. The number of amides is 2. The highest BCUT2D eigenvalue weighted by atomic mass is 16.7. The van der Waals surface area contributed by atoms with Crippen LogP contribution in [-0.2, 0) is 19.0 Å². The molecule has 1 aromatic heterocycles. The van der Waals surface area contributed by atoms with Crippen LogP contribution in [0.1, 0.15) is 50.2 Å². The molecule has 4 heterocycles. The Labute approximate surface area is 260 Å². The average molecular weight is 631 g/mol. The molecule has 3 aliphatic heterocycles. The van der Waals surface area contributed by atoms with Gasteiger partial charge in [-0.15, -0.1) is 0 Å². The maximum Gasteiger partial charge on any atom is 0.351 e. The number of hydrogen-bond acceptors (Lipinski definition) is 12. The summed E-state index contributed by atoms with van der Waals surface area (Å²) in [4.78, 5) is 45.7. The van der Waals surface area contributed by atoms with E-state index >= 15 is 0 Å². The molecule has 246 valence electrons. The SMILES string of the molecule is CC1OC(n2ccc(NC(=O)c3ccc(N4CNC(C)(CO)C4=O)cc3)nc2=O)CCC1OC1OC(C)C(N(C)C)C(O)C1O. The molecule has 0 aliphatic carbocycles. The molecule has 3 saturated heterocycles. The van der Waals surface area contributed by atoms with E-state index in [9.17, 15) is 29.7 Å². The van der Waals surface area contributed by atoms with E-state index in [0.29, 0.717) is 24.1 Å². The molecule has 15 nitrogen and oxygen atoms in total. The van der Waals surface area contributed by atoms with Crippen molar-refractivity contribution < 1.29 is 39.1 Å². The van der Waals surface area contributed by atoms with Crippen molar-refractivity contribution >= 4 is 23.3 Å². The average Bonchev–Trinajstić information content (AvgIpc) is 3.30. The van der Waals surface area contributed by atoms with Crippen molar-refractivity contribution in [3.05, 3.63) is 52.6 Å². The molecular formula is C30H42N6O9. The monoisotopic (exact) mass is 630 g/mol. The number of nitrogens with one attached hydrogen (secondary N) is 2. The van der Waals surface area contributed by atoms with Gasteiger partial charge in [0.05, 0.1) is 37.6 Å². The quantitative estimate of drug-likeness (QED) is 0.255. The number of carbonyl (C=O) groups is 2. The van der Waals surface area contributed by atoms with Crippen molar-refractivity contribution in [3.63, 3.8) is 0 Å². The molecule has 3 aliphatic rings. The largest absolute Gasteiger partial charge is 0.394 e. The molecule has 2 amide bonds. The minimum atomic E-state index is -1.24. The van der Waals surface area contributed by atoms with E-state index in [4.69, 9.17) is 14.2 Å². The van der Waals surface area contributed by atoms with Crippen molar-refractivity contribution in [2.45, 2.75) is 88.2 Å². The Morgan fingerprint density at radius 3 is 2.42 bits per heavy atom. The molecule has 5 rings (SSSR count). The first kappa shape index (κ1) is 33.1. The number of carbonyl (C=O) groups excluding carboxylic acids is 2. The van der Waals surface area contributed by atoms with Gasteiger partial charge in [-0.1, -0.05) is 0 Å². The lowest BCUT2D eigenvalue weighted by molar-refractivity contribution is -0.310. The fourth-order valence-corrected chi connectivity index (χ4v) is 6.07. The summed E-state index contributed by atoms with van der Waals surface area (Å²) in [5.41, 5.74) is -0.783. The molecule has 5 N–H and O–H groups in total. The fraction of sp³-hybridized carbons (Fsp3) is 0.600. The van der Waals surface area contributed by atoms with Gasteiger partial charge in [0.2, 0.25) is 0 Å². The van der Waals surface area contributed by atoms with Gasteiger partial charge < -0.3 is 39.7 Å². The molecule has 45 heavy (non-hydrogen) atoms. The van der Waals surface area contributed by atoms with E-state index < -0.39 is 54.1 Å². The molecule has 9 unspecified atom stereocenters. The highest BCUT2D eigenvalue weighted by molar-refractivity contribution is 6.05. The van der Waals surface area contributed by atoms with Gasteiger partial charge in [-0.3, -0.25) is 24.4 Å². The first-order valence-corrected chi connectivity index (χ1v) is 15.0. The number of nitrogens with zero attached hydrogens (tertiary/aromatic N) is 4. The second kappa shape index (κ2) is 13.2. The van der Waals surface area contributed by atoms with Gasteiger partial charge in [-0.25, -0.2) is 4.79 Å². The number of likely N-dealkylation sites (N-methyl/N-ethyl adjacent to an activating group) is 1. The van der Waals surface area contributed by atoms with E-state index in [2.05, 4.69) is 15.6 Å². The topological polar surface area (TPSA) is 188 Å². The zero-order valence-corrected chi connectivity index (χ0v) is 26.0. The van der Waals surface area contributed by atoms with Crippen LogP contribution in [0, 0.1) is 0 Å². The van der Waals surface area contributed by atoms with Crippen LogP contribution in [0.3, 0.4) is 0 Å². The second-order valence-corrected chi connectivity index (χ2v) is 12.3. The summed E-state index contributed by atoms with van der Waals surface area (Å²) in [5, 5.41) is 36.4. The number of rotatable bonds is 8. The first-order chi connectivity index (χ1) is 21.3. The summed E-state index contributed by atoms with van der Waals surface area (Å²) >= 11 is 0. The Hall–Kier alpha value is -3.28. The van der Waals surface area contributed by atoms with Crippen molar-refractivity contribution in [1.29, 1.82) is 0 Å². The van der Waals surface area contributed by atoms with Crippen LogP contribution in [0.4, 0.5) is 11.5 Å². The molecule has 0 spiro atoms. The van der Waals surface area contributed by atoms with Crippen LogP contribution < -0.4 is 21.2 Å². The molecule has 15 heteroatoms. The fourth-order valence-electron chi connectivity index (χ4n) is 6.07. The van der Waals surface area contributed by atoms with E-state index in [-0.39, 0.29) is 37.1 Å². The van der Waals surface area contributed by atoms with Gasteiger partial charge in [-0.2, -0.15) is 4.98 Å². The van der Waals surface area contributed by atoms with Gasteiger partial charge in [0.1, 0.15) is 29.8 Å². The van der Waals surface area contributed by atoms with Gasteiger partial charge >= 0.3 is 5.69 Å². The van der Waals surface area contributed by atoms with Crippen LogP contribution in [0.2, 0.25) is 0 Å². The zero-order valence-electron chi connectivity index (χ0n) is 26.0. The number of aromatic nitrogens is 2. The second-order valence-electron chi connectivity index (χ2n) is 12.3. The van der Waals surface area contributed by atoms with Crippen molar-refractivity contribution in [1.82, 2.24) is 19.8 Å². The Balaban J connectivity index is 1.16. The molecule has 9 atom stereocenters. The predicted molar refractivity (Wildman–Crippen MR) is 161 cm³/mol. The third-order valence-corrected chi connectivity index (χ3v) is 8.79. The van der Waals surface area contributed by atoms with Gasteiger partial charge in [0.15, 0.2) is 6.29 Å². The third kappa shape index (κ3) is 6.66. The maximum absolute atomic E-state index is 12.9. The minimum absolute atomic E-state index is 0.0696. The van der Waals surface area contributed by atoms with Crippen LogP contribution in [0.5, 0.6) is 0 Å². The number of hydrogen-bond donors (Lipinski definition) is 5. The smallest absolute Gasteiger partial charge is 0.351 e. The molecule has 0 bridgehead atoms. The Kier molecular flexibility index (Phi) is 9.72. The summed E-state index contributed by atoms with van der Waals surface area (Å²) in [6.45, 7) is 5.14. The maximum atomic E-state index is 12.9. The lowest BCUT2D eigenvalue weighted by atomic mass is 9.96. The van der Waals surface area contributed by atoms with Crippen LogP contribution in [0.15, 0.2) is 41.3 Å². The van der Waals surface area contributed by atoms with Crippen LogP contribution in [0.25, 0.3) is 0 Å². The Morgan fingerprint density at radius 2 is 1.82 bits per heavy atom. The van der Waals surface area contributed by atoms with E-state index in [0.717, 1.165) is 0 Å². The molecule has 2 aromatic rings. The normalized spacial score (nSPS) is 33.9. The zero-order chi connectivity index (χ0) is 32.6. The molecular weight excluding hydrogens is 588 g/mol. The van der Waals surface area contributed by atoms with Gasteiger partial charge in [0.25, 0.3) is 11.8 Å². The Morgan fingerprint density at radius 1 is 1.11 bits per heavy atom. The summed E-state index contributed by atoms with van der Waals surface area (Å²) in [7, 11) is 3.62. The third-order valence-electron chi connectivity index (χ3n) is 8.79. The molecule has 1 aromatic carbocycles. The number of aliphatic hydroxyl groups is 3. The van der Waals surface area contributed by atoms with E-state index in [1.807, 2.05) is 21.0 Å². The van der Waals surface area contributed by atoms with E-state index in [1.54, 1.807) is 43.0 Å². The standard InChI is InChI=1S/C30H42N6O9/c1-16-20(45-27-25(39)24(38)23(34(4)5)17(2)44-27)10-11-22(43-16)35-13-12-21(33-29(35)42)32-26(40)18-6-8-19(9-7-18)36-15-31-30(3,14-37)28(36)41/h6-9,12-13,16-17,20,22-25,27,31,37-39H,10-11,14-15H2,1-5H3,(H,32,33,40,42). The van der Waals surface area contributed by atoms with Crippen molar-refractivity contribution in [2.75, 3.05) is 37.6 Å². The summed E-state index contributed by atoms with van der Waals surface area (Å²) in [5.74, 6) is -0.681. The highest BCUT2D eigenvalue weighted by Crippen LogP contribution is 2.32. The lowest BCUT2D eigenvalue weighted by Gasteiger charge is -2.46. The summed E-state index contributed by atoms with van der Waals surface area (Å²) in [6.07, 6.45) is -2.78. The lowest BCUT2D eigenvalue weighted by Crippen LogP contribution is -2.62. The predicted octanol–water partition coefficient (Wildman–Crippen LogP) is -0.380. The van der Waals surface area contributed by atoms with Crippen molar-refractivity contribution in [3.8, 4) is 0 Å². The molecule has 3 fully saturated rings. The number of aliphatic hydroxyl groups excluding tert-OH is 3. The molecule has 0 saturated carbocycles. The summed E-state index contributed by atoms with van der Waals surface area (Å²) in [6, 6.07) is 7.50. The van der Waals surface area contributed by atoms with Gasteiger partial charge in [-0.05, 0) is 78.0 Å². The minimum Gasteiger partial charge on any atom is -0.394 e. The van der Waals surface area contributed by atoms with Gasteiger partial charge in [0, 0.05) is 17.4 Å². The number of ether oxygens (including phenoxy) is 3. The van der Waals surface area contributed by atoms with Crippen molar-refractivity contribution in [2.24, 2.45) is 0 Å². The first-order valence-electron chi connectivity index (χ1n) is 15.0. The molecule has 0 radical (unpaired) electrons. The van der Waals surface area contributed by atoms with Crippen LogP contribution >= 0.6 is 0 Å². The van der Waals surface area contributed by atoms with Crippen LogP contribution in [-0.4, -0.2) is 117 Å². The number of benzene rings is 1.